The SMILES string of the molecule is CCc1ccc(-c2ccc(OBO)cc2F)cc1. The molecule has 0 aliphatic carbocycles. The van der Waals surface area contributed by atoms with Crippen molar-refractivity contribution in [3.63, 3.8) is 0 Å². The second kappa shape index (κ2) is 5.69. The van der Waals surface area contributed by atoms with Gasteiger partial charge in [-0.2, -0.15) is 0 Å². The zero-order chi connectivity index (χ0) is 13.0. The maximum Gasteiger partial charge on any atom is 0.504 e. The summed E-state index contributed by atoms with van der Waals surface area (Å²) in [5, 5.41) is 8.61. The van der Waals surface area contributed by atoms with Crippen LogP contribution in [0.25, 0.3) is 11.1 Å². The summed E-state index contributed by atoms with van der Waals surface area (Å²) < 4.78 is 18.7. The summed E-state index contributed by atoms with van der Waals surface area (Å²) in [6, 6.07) is 12.4. The van der Waals surface area contributed by atoms with Gasteiger partial charge in [-0.3, -0.25) is 0 Å². The Hall–Kier alpha value is -1.81. The third kappa shape index (κ3) is 2.71. The van der Waals surface area contributed by atoms with E-state index in [0.717, 1.165) is 12.0 Å². The third-order valence-corrected chi connectivity index (χ3v) is 2.84. The first-order valence-electron chi connectivity index (χ1n) is 5.87. The van der Waals surface area contributed by atoms with Gasteiger partial charge in [0.05, 0.1) is 0 Å². The first-order chi connectivity index (χ1) is 8.74. The minimum atomic E-state index is -0.454. The van der Waals surface area contributed by atoms with E-state index < -0.39 is 7.69 Å². The van der Waals surface area contributed by atoms with Gasteiger partial charge in [-0.15, -0.1) is 0 Å². The van der Waals surface area contributed by atoms with E-state index in [-0.39, 0.29) is 5.82 Å². The number of halogens is 1. The molecule has 0 spiro atoms. The molecule has 92 valence electrons. The Morgan fingerprint density at radius 3 is 2.44 bits per heavy atom. The van der Waals surface area contributed by atoms with Crippen LogP contribution >= 0.6 is 0 Å². The van der Waals surface area contributed by atoms with Crippen molar-refractivity contribution in [3.8, 4) is 16.9 Å². The molecule has 0 aromatic heterocycles. The largest absolute Gasteiger partial charge is 0.539 e. The summed E-state index contributed by atoms with van der Waals surface area (Å²) in [6.45, 7) is 2.08. The van der Waals surface area contributed by atoms with Gasteiger partial charge in [0.2, 0.25) is 0 Å². The second-order valence-corrected chi connectivity index (χ2v) is 3.97. The van der Waals surface area contributed by atoms with Crippen LogP contribution in [0, 0.1) is 5.82 Å². The molecule has 0 fully saturated rings. The molecule has 4 heteroatoms. The van der Waals surface area contributed by atoms with Gasteiger partial charge in [0, 0.05) is 11.6 Å². The summed E-state index contributed by atoms with van der Waals surface area (Å²) in [5.74, 6) is -0.0332. The third-order valence-electron chi connectivity index (χ3n) is 2.84. The maximum atomic E-state index is 13.9. The van der Waals surface area contributed by atoms with Gasteiger partial charge in [-0.25, -0.2) is 4.39 Å². The predicted molar refractivity (Wildman–Crippen MR) is 71.2 cm³/mol. The minimum Gasteiger partial charge on any atom is -0.539 e. The Kier molecular flexibility index (Phi) is 4.00. The lowest BCUT2D eigenvalue weighted by molar-refractivity contribution is 0.451. The zero-order valence-electron chi connectivity index (χ0n) is 10.2. The van der Waals surface area contributed by atoms with Crippen molar-refractivity contribution in [2.75, 3.05) is 0 Å². The van der Waals surface area contributed by atoms with Gasteiger partial charge in [0.15, 0.2) is 0 Å². The van der Waals surface area contributed by atoms with E-state index in [0.29, 0.717) is 11.3 Å². The van der Waals surface area contributed by atoms with Crippen molar-refractivity contribution >= 4 is 7.69 Å². The Morgan fingerprint density at radius 2 is 1.89 bits per heavy atom. The molecular formula is C14H14BFO2. The van der Waals surface area contributed by atoms with Crippen molar-refractivity contribution in [1.29, 1.82) is 0 Å². The highest BCUT2D eigenvalue weighted by Gasteiger charge is 2.06. The van der Waals surface area contributed by atoms with Crippen molar-refractivity contribution in [3.05, 3.63) is 53.8 Å². The highest BCUT2D eigenvalue weighted by Crippen LogP contribution is 2.26. The van der Waals surface area contributed by atoms with Crippen LogP contribution in [0.15, 0.2) is 42.5 Å². The van der Waals surface area contributed by atoms with Crippen LogP contribution in [0.4, 0.5) is 4.39 Å². The van der Waals surface area contributed by atoms with Crippen LogP contribution < -0.4 is 4.65 Å². The van der Waals surface area contributed by atoms with Crippen molar-refractivity contribution in [2.45, 2.75) is 13.3 Å². The fourth-order valence-corrected chi connectivity index (χ4v) is 1.81. The normalized spacial score (nSPS) is 10.2. The summed E-state index contributed by atoms with van der Waals surface area (Å²) >= 11 is 0. The molecule has 0 amide bonds. The van der Waals surface area contributed by atoms with E-state index in [2.05, 4.69) is 6.92 Å². The number of hydrogen-bond acceptors (Lipinski definition) is 2. The van der Waals surface area contributed by atoms with Crippen LogP contribution in [-0.2, 0) is 6.42 Å². The summed E-state index contributed by atoms with van der Waals surface area (Å²) in [6.07, 6.45) is 0.964. The molecule has 0 saturated carbocycles. The first-order valence-corrected chi connectivity index (χ1v) is 5.87. The van der Waals surface area contributed by atoms with Gasteiger partial charge in [0.25, 0.3) is 0 Å². The average molecular weight is 244 g/mol. The van der Waals surface area contributed by atoms with Gasteiger partial charge < -0.3 is 9.68 Å². The molecular weight excluding hydrogens is 230 g/mol. The van der Waals surface area contributed by atoms with Crippen LogP contribution in [0.1, 0.15) is 12.5 Å². The van der Waals surface area contributed by atoms with Crippen LogP contribution in [0.3, 0.4) is 0 Å². The van der Waals surface area contributed by atoms with E-state index in [1.807, 2.05) is 24.3 Å². The van der Waals surface area contributed by atoms with Crippen molar-refractivity contribution in [1.82, 2.24) is 0 Å². The van der Waals surface area contributed by atoms with Gasteiger partial charge in [-0.1, -0.05) is 31.2 Å². The lowest BCUT2D eigenvalue weighted by atomic mass is 10.0. The molecule has 0 radical (unpaired) electrons. The standard InChI is InChI=1S/C14H14BFO2/c1-2-10-3-5-11(6-4-10)13-8-7-12(18-15-17)9-14(13)16/h3-9,15,17H,2H2,1H3. The monoisotopic (exact) mass is 244 g/mol. The minimum absolute atomic E-state index is 0.323. The average Bonchev–Trinajstić information content (AvgIpc) is 2.40. The molecule has 1 N–H and O–H groups in total. The molecule has 2 aromatic carbocycles. The molecule has 0 aliphatic rings. The van der Waals surface area contributed by atoms with E-state index >= 15 is 0 Å². The first kappa shape index (κ1) is 12.6. The Bertz CT molecular complexity index is 526. The highest BCUT2D eigenvalue weighted by atomic mass is 19.1. The lowest BCUT2D eigenvalue weighted by Crippen LogP contribution is -2.00. The molecule has 0 bridgehead atoms. The zero-order valence-corrected chi connectivity index (χ0v) is 10.2. The fourth-order valence-electron chi connectivity index (χ4n) is 1.81. The number of rotatable bonds is 4. The molecule has 2 rings (SSSR count). The Morgan fingerprint density at radius 1 is 1.17 bits per heavy atom. The van der Waals surface area contributed by atoms with E-state index in [1.54, 1.807) is 12.1 Å². The Balaban J connectivity index is 2.32. The maximum absolute atomic E-state index is 13.9. The fraction of sp³-hybridized carbons (Fsp3) is 0.143. The van der Waals surface area contributed by atoms with Gasteiger partial charge in [-0.05, 0) is 29.7 Å². The van der Waals surface area contributed by atoms with E-state index in [9.17, 15) is 4.39 Å². The summed E-state index contributed by atoms with van der Waals surface area (Å²) in [5.41, 5.74) is 2.59. The smallest absolute Gasteiger partial charge is 0.504 e. The molecule has 2 aromatic rings. The molecule has 0 heterocycles. The van der Waals surface area contributed by atoms with Crippen molar-refractivity contribution < 1.29 is 14.1 Å². The van der Waals surface area contributed by atoms with Crippen LogP contribution in [0.2, 0.25) is 0 Å². The molecule has 2 nitrogen and oxygen atoms in total. The van der Waals surface area contributed by atoms with Gasteiger partial charge >= 0.3 is 7.69 Å². The summed E-state index contributed by atoms with van der Waals surface area (Å²) in [4.78, 5) is 0. The topological polar surface area (TPSA) is 29.5 Å². The molecule has 0 unspecified atom stereocenters. The van der Waals surface area contributed by atoms with E-state index in [1.165, 1.54) is 11.6 Å². The Labute approximate surface area is 106 Å². The predicted octanol–water partition coefficient (Wildman–Crippen LogP) is 2.69. The second-order valence-electron chi connectivity index (χ2n) is 3.97. The summed E-state index contributed by atoms with van der Waals surface area (Å²) in [7, 11) is -0.454. The molecule has 0 saturated heterocycles. The lowest BCUT2D eigenvalue weighted by Gasteiger charge is -2.07. The molecule has 0 atom stereocenters. The molecule has 18 heavy (non-hydrogen) atoms. The number of benzene rings is 2. The van der Waals surface area contributed by atoms with Crippen molar-refractivity contribution in [2.24, 2.45) is 0 Å². The van der Waals surface area contributed by atoms with Gasteiger partial charge in [0.1, 0.15) is 11.6 Å². The van der Waals surface area contributed by atoms with E-state index in [4.69, 9.17) is 9.68 Å². The number of aryl methyl sites for hydroxylation is 1. The molecule has 0 aliphatic heterocycles. The van der Waals surface area contributed by atoms with Crippen LogP contribution in [0.5, 0.6) is 5.75 Å². The number of hydrogen-bond donors (Lipinski definition) is 1. The quantitative estimate of drug-likeness (QED) is 0.838. The highest BCUT2D eigenvalue weighted by molar-refractivity contribution is 6.17. The van der Waals surface area contributed by atoms with Crippen LogP contribution in [-0.4, -0.2) is 12.7 Å².